The van der Waals surface area contributed by atoms with Gasteiger partial charge in [0.2, 0.25) is 8.32 Å². The first-order valence-electron chi connectivity index (χ1n) is 6.10. The van der Waals surface area contributed by atoms with Crippen LogP contribution in [0.3, 0.4) is 0 Å². The third-order valence-corrected chi connectivity index (χ3v) is 5.31. The molecule has 0 N–H and O–H groups in total. The van der Waals surface area contributed by atoms with Crippen LogP contribution in [-0.4, -0.2) is 16.4 Å². The summed E-state index contributed by atoms with van der Waals surface area (Å²) in [5.41, 5.74) is 1.24. The van der Waals surface area contributed by atoms with Crippen molar-refractivity contribution < 1.29 is 4.43 Å². The molecule has 3 heteroatoms. The van der Waals surface area contributed by atoms with Crippen molar-refractivity contribution in [3.63, 3.8) is 0 Å². The fraction of sp³-hybridized carbons (Fsp3) is 0.429. The molecule has 0 heterocycles. The molecule has 1 rings (SSSR count). The van der Waals surface area contributed by atoms with Gasteiger partial charge in [-0.2, -0.15) is 0 Å². The first-order valence-corrected chi connectivity index (χ1v) is 13.0. The maximum atomic E-state index is 6.23. The molecule has 0 saturated carbocycles. The van der Waals surface area contributed by atoms with Gasteiger partial charge in [-0.3, -0.25) is 0 Å². The highest BCUT2D eigenvalue weighted by Crippen LogP contribution is 2.21. The van der Waals surface area contributed by atoms with Crippen molar-refractivity contribution in [1.82, 2.24) is 0 Å². The largest absolute Gasteiger partial charge is 0.544 e. The van der Waals surface area contributed by atoms with E-state index in [0.717, 1.165) is 5.75 Å². The second kappa shape index (κ2) is 4.82. The Balaban J connectivity index is 3.35. The minimum absolute atomic E-state index is 1.08. The van der Waals surface area contributed by atoms with Gasteiger partial charge in [-0.25, -0.2) is 0 Å². The van der Waals surface area contributed by atoms with Crippen LogP contribution < -0.4 is 9.61 Å². The maximum Gasteiger partial charge on any atom is 0.242 e. The van der Waals surface area contributed by atoms with Crippen LogP contribution in [0.25, 0.3) is 6.08 Å². The van der Waals surface area contributed by atoms with E-state index in [1.807, 2.05) is 6.08 Å². The fourth-order valence-electron chi connectivity index (χ4n) is 1.94. The van der Waals surface area contributed by atoms with Gasteiger partial charge < -0.3 is 4.43 Å². The Bertz CT molecular complexity index is 411. The number of hydrogen-bond donors (Lipinski definition) is 0. The molecule has 0 saturated heterocycles. The van der Waals surface area contributed by atoms with Crippen LogP contribution in [0.1, 0.15) is 5.56 Å². The summed E-state index contributed by atoms with van der Waals surface area (Å²) < 4.78 is 6.23. The smallest absolute Gasteiger partial charge is 0.242 e. The molecule has 1 aromatic carbocycles. The third-order valence-electron chi connectivity index (χ3n) is 2.44. The lowest BCUT2D eigenvalue weighted by Gasteiger charge is -2.28. The van der Waals surface area contributed by atoms with Gasteiger partial charge >= 0.3 is 0 Å². The van der Waals surface area contributed by atoms with Crippen LogP contribution in [-0.2, 0) is 0 Å². The average Bonchev–Trinajstić information content (AvgIpc) is 2.12. The zero-order valence-electron chi connectivity index (χ0n) is 11.9. The molecule has 0 aliphatic carbocycles. The van der Waals surface area contributed by atoms with Crippen molar-refractivity contribution in [1.29, 1.82) is 0 Å². The Hall–Kier alpha value is -0.806. The highest BCUT2D eigenvalue weighted by atomic mass is 28.4. The molecule has 0 spiro atoms. The number of hydrogen-bond acceptors (Lipinski definition) is 1. The minimum atomic E-state index is -1.56. The topological polar surface area (TPSA) is 9.23 Å². The summed E-state index contributed by atoms with van der Waals surface area (Å²) in [4.78, 5) is 0. The third kappa shape index (κ3) is 3.85. The first-order chi connectivity index (χ1) is 7.65. The zero-order valence-corrected chi connectivity index (χ0v) is 13.9. The lowest BCUT2D eigenvalue weighted by molar-refractivity contribution is 0.561. The van der Waals surface area contributed by atoms with E-state index in [-0.39, 0.29) is 0 Å². The molecule has 0 aromatic heterocycles. The van der Waals surface area contributed by atoms with Crippen molar-refractivity contribution in [2.24, 2.45) is 0 Å². The van der Waals surface area contributed by atoms with Gasteiger partial charge in [0.15, 0.2) is 0 Å². The Labute approximate surface area is 108 Å². The molecule has 94 valence electrons. The average molecular weight is 265 g/mol. The quantitative estimate of drug-likeness (QED) is 0.744. The summed E-state index contributed by atoms with van der Waals surface area (Å²) >= 11 is 0. The molecular weight excluding hydrogens is 240 g/mol. The van der Waals surface area contributed by atoms with Crippen molar-refractivity contribution >= 4 is 27.7 Å². The van der Waals surface area contributed by atoms with Crippen LogP contribution in [0.5, 0.6) is 5.75 Å². The Morgan fingerprint density at radius 3 is 2.06 bits per heavy atom. The normalized spacial score (nSPS) is 12.4. The monoisotopic (exact) mass is 264 g/mol. The van der Waals surface area contributed by atoms with Crippen molar-refractivity contribution in [3.8, 4) is 5.75 Å². The van der Waals surface area contributed by atoms with Gasteiger partial charge in [0, 0.05) is 0 Å². The number of rotatable bonds is 4. The lowest BCUT2D eigenvalue weighted by atomic mass is 10.2. The highest BCUT2D eigenvalue weighted by molar-refractivity contribution is 6.90. The van der Waals surface area contributed by atoms with Gasteiger partial charge in [0.1, 0.15) is 5.75 Å². The van der Waals surface area contributed by atoms with Gasteiger partial charge in [0.25, 0.3) is 0 Å². The van der Waals surface area contributed by atoms with Crippen molar-refractivity contribution in [2.75, 3.05) is 0 Å². The molecule has 0 aliphatic rings. The first kappa shape index (κ1) is 14.3. The van der Waals surface area contributed by atoms with E-state index in [0.29, 0.717) is 0 Å². The molecule has 0 radical (unpaired) electrons. The lowest BCUT2D eigenvalue weighted by Crippen LogP contribution is -2.43. The standard InChI is InChI=1S/C14H24OSi2/c1-8-12-10-9-11-13(15-17(5,6)7)14(12)16(2,3)4/h8-11H,1H2,2-7H3. The van der Waals surface area contributed by atoms with Crippen LogP contribution in [0, 0.1) is 0 Å². The van der Waals surface area contributed by atoms with E-state index in [1.54, 1.807) is 0 Å². The number of benzene rings is 1. The summed E-state index contributed by atoms with van der Waals surface area (Å²) in [7, 11) is -2.97. The molecular formula is C14H24OSi2. The highest BCUT2D eigenvalue weighted by Gasteiger charge is 2.26. The van der Waals surface area contributed by atoms with Crippen LogP contribution >= 0.6 is 0 Å². The van der Waals surface area contributed by atoms with Gasteiger partial charge in [-0.15, -0.1) is 0 Å². The summed E-state index contributed by atoms with van der Waals surface area (Å²) in [6, 6.07) is 6.31. The maximum absolute atomic E-state index is 6.23. The second-order valence-electron chi connectivity index (χ2n) is 6.39. The SMILES string of the molecule is C=Cc1cccc(O[Si](C)(C)C)c1[Si](C)(C)C. The van der Waals surface area contributed by atoms with E-state index >= 15 is 0 Å². The molecule has 0 amide bonds. The van der Waals surface area contributed by atoms with E-state index in [9.17, 15) is 0 Å². The minimum Gasteiger partial charge on any atom is -0.544 e. The fourth-order valence-corrected chi connectivity index (χ4v) is 4.79. The van der Waals surface area contributed by atoms with Crippen LogP contribution in [0.4, 0.5) is 0 Å². The van der Waals surface area contributed by atoms with Crippen molar-refractivity contribution in [3.05, 3.63) is 30.3 Å². The summed E-state index contributed by atoms with van der Waals surface area (Å²) in [5.74, 6) is 1.08. The molecule has 0 atom stereocenters. The Morgan fingerprint density at radius 2 is 1.65 bits per heavy atom. The zero-order chi connectivity index (χ0) is 13.3. The molecule has 0 aliphatic heterocycles. The molecule has 0 bridgehead atoms. The van der Waals surface area contributed by atoms with E-state index in [4.69, 9.17) is 4.43 Å². The van der Waals surface area contributed by atoms with Gasteiger partial charge in [-0.1, -0.05) is 44.4 Å². The molecule has 0 fully saturated rings. The Kier molecular flexibility index (Phi) is 4.04. The van der Waals surface area contributed by atoms with E-state index in [1.165, 1.54) is 10.8 Å². The second-order valence-corrected chi connectivity index (χ2v) is 15.8. The molecule has 1 aromatic rings. The van der Waals surface area contributed by atoms with Crippen LogP contribution in [0.15, 0.2) is 24.8 Å². The molecule has 1 nitrogen and oxygen atoms in total. The summed E-state index contributed by atoms with van der Waals surface area (Å²) in [5, 5.41) is 1.40. The van der Waals surface area contributed by atoms with E-state index < -0.39 is 16.4 Å². The Morgan fingerprint density at radius 1 is 1.06 bits per heavy atom. The summed E-state index contributed by atoms with van der Waals surface area (Å²) in [6.45, 7) is 17.7. The van der Waals surface area contributed by atoms with Crippen LogP contribution in [0.2, 0.25) is 39.3 Å². The van der Waals surface area contributed by atoms with Crippen molar-refractivity contribution in [2.45, 2.75) is 39.3 Å². The summed E-state index contributed by atoms with van der Waals surface area (Å²) in [6.07, 6.45) is 1.95. The molecule has 0 unspecified atom stereocenters. The predicted octanol–water partition coefficient (Wildman–Crippen LogP) is 4.09. The van der Waals surface area contributed by atoms with Gasteiger partial charge in [-0.05, 0) is 36.5 Å². The molecule has 17 heavy (non-hydrogen) atoms. The van der Waals surface area contributed by atoms with E-state index in [2.05, 4.69) is 64.1 Å². The van der Waals surface area contributed by atoms with Gasteiger partial charge in [0.05, 0.1) is 8.07 Å². The predicted molar refractivity (Wildman–Crippen MR) is 83.5 cm³/mol.